The van der Waals surface area contributed by atoms with Gasteiger partial charge in [0.05, 0.1) is 11.6 Å². The lowest BCUT2D eigenvalue weighted by atomic mass is 10.0. The molecule has 0 fully saturated rings. The van der Waals surface area contributed by atoms with Gasteiger partial charge in [-0.3, -0.25) is 4.79 Å². The fourth-order valence-corrected chi connectivity index (χ4v) is 4.17. The monoisotopic (exact) mass is 384 g/mol. The van der Waals surface area contributed by atoms with Crippen LogP contribution in [0.3, 0.4) is 0 Å². The lowest BCUT2D eigenvalue weighted by Gasteiger charge is -2.29. The number of halogens is 1. The Morgan fingerprint density at radius 1 is 1.33 bits per heavy atom. The van der Waals surface area contributed by atoms with Crippen LogP contribution in [0.2, 0.25) is 0 Å². The minimum Gasteiger partial charge on any atom is -0.479 e. The summed E-state index contributed by atoms with van der Waals surface area (Å²) in [5, 5.41) is 12.3. The summed E-state index contributed by atoms with van der Waals surface area (Å²) in [5.74, 6) is 0.578. The average Bonchev–Trinajstić information content (AvgIpc) is 2.66. The third kappa shape index (κ3) is 4.42. The first-order chi connectivity index (χ1) is 13.0. The van der Waals surface area contributed by atoms with E-state index in [4.69, 9.17) is 4.74 Å². The quantitative estimate of drug-likeness (QED) is 0.827. The number of para-hydroxylation sites is 1. The Hall–Kier alpha value is -2.52. The van der Waals surface area contributed by atoms with Crippen molar-refractivity contribution in [2.24, 2.45) is 5.92 Å². The molecule has 0 saturated heterocycles. The molecule has 1 N–H and O–H groups in total. The summed E-state index contributed by atoms with van der Waals surface area (Å²) in [5.41, 5.74) is 1.19. The molecule has 27 heavy (non-hydrogen) atoms. The van der Waals surface area contributed by atoms with Gasteiger partial charge in [0.2, 0.25) is 0 Å². The van der Waals surface area contributed by atoms with E-state index in [0.29, 0.717) is 11.3 Å². The van der Waals surface area contributed by atoms with Gasteiger partial charge in [0.1, 0.15) is 17.6 Å². The molecule has 2 atom stereocenters. The van der Waals surface area contributed by atoms with Crippen LogP contribution in [-0.2, 0) is 4.79 Å². The second kappa shape index (κ2) is 8.45. The first kappa shape index (κ1) is 19.2. The maximum absolute atomic E-state index is 13.7. The maximum atomic E-state index is 13.7. The van der Waals surface area contributed by atoms with Crippen molar-refractivity contribution < 1.29 is 13.9 Å². The standard InChI is InChI=1S/C21H21FN2O2S/c1-13(2)20(26-18-6-4-3-5-14(18)12-23)21(25)24-17-9-10-27-19-8-7-15(22)11-16(17)19/h3-8,11,13,17,20H,9-10H2,1-2H3,(H,24,25). The normalized spacial score (nSPS) is 16.9. The number of nitrogens with zero attached hydrogens (tertiary/aromatic N) is 1. The Labute approximate surface area is 162 Å². The summed E-state index contributed by atoms with van der Waals surface area (Å²) in [4.78, 5) is 13.9. The van der Waals surface area contributed by atoms with Crippen LogP contribution in [0.4, 0.5) is 4.39 Å². The van der Waals surface area contributed by atoms with Crippen molar-refractivity contribution >= 4 is 17.7 Å². The molecule has 140 valence electrons. The highest BCUT2D eigenvalue weighted by Gasteiger charge is 2.30. The third-order valence-electron chi connectivity index (χ3n) is 4.45. The van der Waals surface area contributed by atoms with E-state index in [1.807, 2.05) is 13.8 Å². The van der Waals surface area contributed by atoms with Crippen LogP contribution in [0.25, 0.3) is 0 Å². The van der Waals surface area contributed by atoms with Crippen LogP contribution >= 0.6 is 11.8 Å². The first-order valence-corrected chi connectivity index (χ1v) is 9.86. The maximum Gasteiger partial charge on any atom is 0.261 e. The van der Waals surface area contributed by atoms with Gasteiger partial charge in [-0.25, -0.2) is 4.39 Å². The summed E-state index contributed by atoms with van der Waals surface area (Å²) < 4.78 is 19.6. The number of hydrogen-bond acceptors (Lipinski definition) is 4. The number of thioether (sulfide) groups is 1. The molecule has 4 nitrogen and oxygen atoms in total. The van der Waals surface area contributed by atoms with Crippen molar-refractivity contribution in [2.75, 3.05) is 5.75 Å². The number of rotatable bonds is 5. The van der Waals surface area contributed by atoms with E-state index in [9.17, 15) is 14.4 Å². The van der Waals surface area contributed by atoms with Crippen LogP contribution in [0, 0.1) is 23.1 Å². The molecule has 0 saturated carbocycles. The van der Waals surface area contributed by atoms with Crippen LogP contribution in [0.1, 0.15) is 37.4 Å². The highest BCUT2D eigenvalue weighted by molar-refractivity contribution is 7.99. The van der Waals surface area contributed by atoms with E-state index in [0.717, 1.165) is 22.6 Å². The second-order valence-electron chi connectivity index (χ2n) is 6.77. The van der Waals surface area contributed by atoms with Crippen molar-refractivity contribution in [3.8, 4) is 11.8 Å². The summed E-state index contributed by atoms with van der Waals surface area (Å²) in [6.07, 6.45) is -0.0157. The smallest absolute Gasteiger partial charge is 0.261 e. The van der Waals surface area contributed by atoms with Gasteiger partial charge < -0.3 is 10.1 Å². The first-order valence-electron chi connectivity index (χ1n) is 8.88. The molecule has 0 radical (unpaired) electrons. The number of nitrogens with one attached hydrogen (secondary N) is 1. The highest BCUT2D eigenvalue weighted by atomic mass is 32.2. The molecular weight excluding hydrogens is 363 g/mol. The van der Waals surface area contributed by atoms with E-state index in [2.05, 4.69) is 11.4 Å². The van der Waals surface area contributed by atoms with Gasteiger partial charge in [-0.15, -0.1) is 11.8 Å². The molecule has 0 aromatic heterocycles. The largest absolute Gasteiger partial charge is 0.479 e. The SMILES string of the molecule is CC(C)C(Oc1ccccc1C#N)C(=O)NC1CCSc2ccc(F)cc21. The molecule has 2 unspecified atom stereocenters. The molecule has 1 aliphatic heterocycles. The molecule has 6 heteroatoms. The van der Waals surface area contributed by atoms with Gasteiger partial charge >= 0.3 is 0 Å². The lowest BCUT2D eigenvalue weighted by molar-refractivity contribution is -0.130. The average molecular weight is 384 g/mol. The van der Waals surface area contributed by atoms with Gasteiger partial charge in [-0.2, -0.15) is 5.26 Å². The number of carbonyl (C=O) groups is 1. The third-order valence-corrected chi connectivity index (χ3v) is 5.58. The van der Waals surface area contributed by atoms with Crippen LogP contribution < -0.4 is 10.1 Å². The zero-order valence-corrected chi connectivity index (χ0v) is 16.1. The zero-order valence-electron chi connectivity index (χ0n) is 15.2. The predicted molar refractivity (Wildman–Crippen MR) is 103 cm³/mol. The Balaban J connectivity index is 1.79. The Morgan fingerprint density at radius 2 is 2.11 bits per heavy atom. The highest BCUT2D eigenvalue weighted by Crippen LogP contribution is 2.36. The molecular formula is C21H21FN2O2S. The van der Waals surface area contributed by atoms with Gasteiger partial charge in [-0.05, 0) is 48.2 Å². The van der Waals surface area contributed by atoms with Gasteiger partial charge in [0, 0.05) is 10.6 Å². The molecule has 1 heterocycles. The second-order valence-corrected chi connectivity index (χ2v) is 7.91. The zero-order chi connectivity index (χ0) is 19.4. The Bertz CT molecular complexity index is 879. The molecule has 3 rings (SSSR count). The Kier molecular flexibility index (Phi) is 6.02. The van der Waals surface area contributed by atoms with E-state index in [1.165, 1.54) is 12.1 Å². The van der Waals surface area contributed by atoms with E-state index < -0.39 is 6.10 Å². The van der Waals surface area contributed by atoms with Crippen LogP contribution in [0.15, 0.2) is 47.4 Å². The van der Waals surface area contributed by atoms with Crippen molar-refractivity contribution in [3.05, 3.63) is 59.4 Å². The molecule has 1 amide bonds. The Morgan fingerprint density at radius 3 is 2.85 bits per heavy atom. The topological polar surface area (TPSA) is 62.1 Å². The van der Waals surface area contributed by atoms with Crippen LogP contribution in [-0.4, -0.2) is 17.8 Å². The fraction of sp³-hybridized carbons (Fsp3) is 0.333. The van der Waals surface area contributed by atoms with Crippen LogP contribution in [0.5, 0.6) is 5.75 Å². The van der Waals surface area contributed by atoms with Crippen molar-refractivity contribution in [1.82, 2.24) is 5.32 Å². The minimum atomic E-state index is -0.744. The van der Waals surface area contributed by atoms with Crippen molar-refractivity contribution in [3.63, 3.8) is 0 Å². The van der Waals surface area contributed by atoms with Crippen molar-refractivity contribution in [1.29, 1.82) is 5.26 Å². The van der Waals surface area contributed by atoms with Gasteiger partial charge in [0.25, 0.3) is 5.91 Å². The molecule has 0 spiro atoms. The minimum absolute atomic E-state index is 0.0957. The molecule has 1 aliphatic rings. The van der Waals surface area contributed by atoms with Gasteiger partial charge in [0.15, 0.2) is 6.10 Å². The molecule has 0 bridgehead atoms. The number of fused-ring (bicyclic) bond motifs is 1. The summed E-state index contributed by atoms with van der Waals surface area (Å²) in [6.45, 7) is 3.78. The number of ether oxygens (including phenoxy) is 1. The summed E-state index contributed by atoms with van der Waals surface area (Å²) in [6, 6.07) is 13.4. The number of carbonyl (C=O) groups excluding carboxylic acids is 1. The molecule has 0 aliphatic carbocycles. The number of hydrogen-bond donors (Lipinski definition) is 1. The van der Waals surface area contributed by atoms with E-state index in [-0.39, 0.29) is 23.7 Å². The van der Waals surface area contributed by atoms with Crippen molar-refractivity contribution in [2.45, 2.75) is 37.3 Å². The van der Waals surface area contributed by atoms with E-state index in [1.54, 1.807) is 42.1 Å². The number of amides is 1. The molecule has 2 aromatic carbocycles. The fourth-order valence-electron chi connectivity index (χ4n) is 3.06. The van der Waals surface area contributed by atoms with E-state index >= 15 is 0 Å². The summed E-state index contributed by atoms with van der Waals surface area (Å²) >= 11 is 1.67. The number of benzene rings is 2. The lowest BCUT2D eigenvalue weighted by Crippen LogP contribution is -2.44. The summed E-state index contributed by atoms with van der Waals surface area (Å²) in [7, 11) is 0. The number of nitriles is 1. The molecule has 2 aromatic rings. The predicted octanol–water partition coefficient (Wildman–Crippen LogP) is 4.45. The van der Waals surface area contributed by atoms with Gasteiger partial charge in [-0.1, -0.05) is 26.0 Å².